The van der Waals surface area contributed by atoms with E-state index in [2.05, 4.69) is 0 Å². The quantitative estimate of drug-likeness (QED) is 0.413. The third kappa shape index (κ3) is 2.53. The monoisotopic (exact) mass is 307 g/mol. The maximum atomic E-state index is 12.0. The molecule has 5 nitrogen and oxygen atoms in total. The fourth-order valence-corrected chi connectivity index (χ4v) is 2.68. The molecular weight excluding hydrogens is 294 g/mol. The standard InChI is InChI=1S/C18H13NO4/c1-23-18(20)15-9-5-4-8-14(15)17-13-7-3-2-6-12(13)10-11-16(17)19(21)22/h2-11H,1H3. The second-order valence-electron chi connectivity index (χ2n) is 4.98. The summed E-state index contributed by atoms with van der Waals surface area (Å²) in [6.45, 7) is 0. The summed E-state index contributed by atoms with van der Waals surface area (Å²) in [6.07, 6.45) is 0. The lowest BCUT2D eigenvalue weighted by Gasteiger charge is -2.11. The van der Waals surface area contributed by atoms with Crippen molar-refractivity contribution in [2.75, 3.05) is 7.11 Å². The molecule has 0 fully saturated rings. The maximum Gasteiger partial charge on any atom is 0.338 e. The lowest BCUT2D eigenvalue weighted by Crippen LogP contribution is -2.04. The minimum atomic E-state index is -0.525. The minimum Gasteiger partial charge on any atom is -0.465 e. The van der Waals surface area contributed by atoms with Crippen LogP contribution in [0.15, 0.2) is 60.7 Å². The number of nitrogens with zero attached hydrogens (tertiary/aromatic N) is 1. The molecule has 0 saturated carbocycles. The van der Waals surface area contributed by atoms with E-state index in [0.29, 0.717) is 16.7 Å². The predicted molar refractivity (Wildman–Crippen MR) is 87.4 cm³/mol. The highest BCUT2D eigenvalue weighted by atomic mass is 16.6. The summed E-state index contributed by atoms with van der Waals surface area (Å²) in [5.74, 6) is -0.525. The number of carbonyl (C=O) groups excluding carboxylic acids is 1. The summed E-state index contributed by atoms with van der Waals surface area (Å²) in [5.41, 5.74) is 1.17. The molecule has 0 aliphatic carbocycles. The SMILES string of the molecule is COC(=O)c1ccccc1-c1c([N+](=O)[O-])ccc2ccccc12. The zero-order valence-corrected chi connectivity index (χ0v) is 12.4. The van der Waals surface area contributed by atoms with Crippen LogP contribution >= 0.6 is 0 Å². The molecule has 0 spiro atoms. The average molecular weight is 307 g/mol. The van der Waals surface area contributed by atoms with E-state index in [1.807, 2.05) is 24.3 Å². The van der Waals surface area contributed by atoms with E-state index in [4.69, 9.17) is 4.74 Å². The van der Waals surface area contributed by atoms with Gasteiger partial charge >= 0.3 is 5.97 Å². The van der Waals surface area contributed by atoms with Gasteiger partial charge in [0.05, 0.1) is 23.2 Å². The van der Waals surface area contributed by atoms with Crippen LogP contribution in [-0.2, 0) is 4.74 Å². The zero-order valence-electron chi connectivity index (χ0n) is 12.4. The van der Waals surface area contributed by atoms with E-state index in [0.717, 1.165) is 10.8 Å². The molecule has 3 rings (SSSR count). The summed E-state index contributed by atoms with van der Waals surface area (Å²) in [4.78, 5) is 23.1. The van der Waals surface area contributed by atoms with Crippen LogP contribution in [0, 0.1) is 10.1 Å². The lowest BCUT2D eigenvalue weighted by atomic mass is 9.93. The highest BCUT2D eigenvalue weighted by Gasteiger charge is 2.23. The molecule has 3 aromatic rings. The number of rotatable bonds is 3. The Morgan fingerprint density at radius 2 is 1.70 bits per heavy atom. The minimum absolute atomic E-state index is 0.0416. The van der Waals surface area contributed by atoms with E-state index < -0.39 is 10.9 Å². The van der Waals surface area contributed by atoms with Gasteiger partial charge in [0.2, 0.25) is 0 Å². The summed E-state index contributed by atoms with van der Waals surface area (Å²) in [6, 6.07) is 17.3. The summed E-state index contributed by atoms with van der Waals surface area (Å²) in [7, 11) is 1.29. The van der Waals surface area contributed by atoms with Crippen molar-refractivity contribution in [3.63, 3.8) is 0 Å². The topological polar surface area (TPSA) is 69.4 Å². The second-order valence-corrected chi connectivity index (χ2v) is 4.98. The number of benzene rings is 3. The highest BCUT2D eigenvalue weighted by Crippen LogP contribution is 2.38. The molecule has 0 bridgehead atoms. The lowest BCUT2D eigenvalue weighted by molar-refractivity contribution is -0.384. The van der Waals surface area contributed by atoms with Gasteiger partial charge in [-0.05, 0) is 22.9 Å². The van der Waals surface area contributed by atoms with Gasteiger partial charge in [-0.3, -0.25) is 10.1 Å². The van der Waals surface area contributed by atoms with Crippen molar-refractivity contribution in [3.05, 3.63) is 76.3 Å². The Labute approximate surface area is 132 Å². The Morgan fingerprint density at radius 1 is 1.00 bits per heavy atom. The second kappa shape index (κ2) is 5.88. The van der Waals surface area contributed by atoms with Gasteiger partial charge in [-0.1, -0.05) is 42.5 Å². The number of carbonyl (C=O) groups is 1. The van der Waals surface area contributed by atoms with Crippen LogP contribution in [0.2, 0.25) is 0 Å². The first-order chi connectivity index (χ1) is 11.1. The summed E-state index contributed by atoms with van der Waals surface area (Å²) < 4.78 is 4.80. The van der Waals surface area contributed by atoms with Crippen LogP contribution < -0.4 is 0 Å². The van der Waals surface area contributed by atoms with Crippen LogP contribution in [0.5, 0.6) is 0 Å². The molecule has 0 aliphatic rings. The van der Waals surface area contributed by atoms with Gasteiger partial charge in [0, 0.05) is 11.6 Å². The molecule has 0 aliphatic heterocycles. The van der Waals surface area contributed by atoms with E-state index in [-0.39, 0.29) is 5.69 Å². The Balaban J connectivity index is 2.42. The molecule has 23 heavy (non-hydrogen) atoms. The molecule has 0 amide bonds. The van der Waals surface area contributed by atoms with Crippen LogP contribution in [0.25, 0.3) is 21.9 Å². The number of methoxy groups -OCH3 is 1. The van der Waals surface area contributed by atoms with E-state index in [1.165, 1.54) is 13.2 Å². The van der Waals surface area contributed by atoms with Crippen LogP contribution in [0.4, 0.5) is 5.69 Å². The number of hydrogen-bond acceptors (Lipinski definition) is 4. The number of esters is 1. The highest BCUT2D eigenvalue weighted by molar-refractivity contribution is 6.07. The Bertz CT molecular complexity index is 918. The van der Waals surface area contributed by atoms with Crippen molar-refractivity contribution < 1.29 is 14.5 Å². The summed E-state index contributed by atoms with van der Waals surface area (Å²) in [5, 5.41) is 13.1. The number of nitro groups is 1. The fourth-order valence-electron chi connectivity index (χ4n) is 2.68. The molecular formula is C18H13NO4. The summed E-state index contributed by atoms with van der Waals surface area (Å²) >= 11 is 0. The van der Waals surface area contributed by atoms with Gasteiger partial charge < -0.3 is 4.74 Å². The molecule has 114 valence electrons. The zero-order chi connectivity index (χ0) is 16.4. The van der Waals surface area contributed by atoms with Gasteiger partial charge in [0.1, 0.15) is 0 Å². The average Bonchev–Trinajstić information content (AvgIpc) is 2.60. The van der Waals surface area contributed by atoms with Gasteiger partial charge in [0.25, 0.3) is 5.69 Å². The van der Waals surface area contributed by atoms with Crippen LogP contribution in [0.1, 0.15) is 10.4 Å². The molecule has 0 unspecified atom stereocenters. The van der Waals surface area contributed by atoms with Crippen molar-refractivity contribution in [3.8, 4) is 11.1 Å². The number of hydrogen-bond donors (Lipinski definition) is 0. The van der Waals surface area contributed by atoms with Crippen molar-refractivity contribution in [2.24, 2.45) is 0 Å². The molecule has 0 saturated heterocycles. The molecule has 0 heterocycles. The Kier molecular flexibility index (Phi) is 3.76. The molecule has 0 N–H and O–H groups in total. The first-order valence-corrected chi connectivity index (χ1v) is 6.97. The number of ether oxygens (including phenoxy) is 1. The van der Waals surface area contributed by atoms with Gasteiger partial charge in [-0.25, -0.2) is 4.79 Å². The first-order valence-electron chi connectivity index (χ1n) is 6.97. The normalized spacial score (nSPS) is 10.5. The van der Waals surface area contributed by atoms with Crippen molar-refractivity contribution in [1.29, 1.82) is 0 Å². The third-order valence-electron chi connectivity index (χ3n) is 3.71. The number of nitro benzene ring substituents is 1. The predicted octanol–water partition coefficient (Wildman–Crippen LogP) is 4.20. The first kappa shape index (κ1) is 14.7. The van der Waals surface area contributed by atoms with Gasteiger partial charge in [-0.15, -0.1) is 0 Å². The molecule has 0 atom stereocenters. The smallest absolute Gasteiger partial charge is 0.338 e. The maximum absolute atomic E-state index is 12.0. The van der Waals surface area contributed by atoms with E-state index in [1.54, 1.807) is 30.3 Å². The molecule has 3 aromatic carbocycles. The largest absolute Gasteiger partial charge is 0.465 e. The Morgan fingerprint density at radius 3 is 2.43 bits per heavy atom. The fraction of sp³-hybridized carbons (Fsp3) is 0.0556. The van der Waals surface area contributed by atoms with Gasteiger partial charge in [0.15, 0.2) is 0 Å². The van der Waals surface area contributed by atoms with Crippen LogP contribution in [-0.4, -0.2) is 18.0 Å². The van der Waals surface area contributed by atoms with E-state index >= 15 is 0 Å². The van der Waals surface area contributed by atoms with Crippen LogP contribution in [0.3, 0.4) is 0 Å². The van der Waals surface area contributed by atoms with Gasteiger partial charge in [-0.2, -0.15) is 0 Å². The number of fused-ring (bicyclic) bond motifs is 1. The molecule has 5 heteroatoms. The molecule has 0 radical (unpaired) electrons. The van der Waals surface area contributed by atoms with Crippen molar-refractivity contribution in [2.45, 2.75) is 0 Å². The third-order valence-corrected chi connectivity index (χ3v) is 3.71. The Hall–Kier alpha value is -3.21. The van der Waals surface area contributed by atoms with Crippen molar-refractivity contribution >= 4 is 22.4 Å². The van der Waals surface area contributed by atoms with E-state index in [9.17, 15) is 14.9 Å². The molecule has 0 aromatic heterocycles. The van der Waals surface area contributed by atoms with Crippen molar-refractivity contribution in [1.82, 2.24) is 0 Å².